The Kier molecular flexibility index (Phi) is 2.76. The molecule has 8 heteroatoms. The zero-order chi connectivity index (χ0) is 13.6. The Bertz CT molecular complexity index is 786. The fourth-order valence-electron chi connectivity index (χ4n) is 1.69. The maximum Gasteiger partial charge on any atom is 0.325 e. The number of nitrogens with one attached hydrogen (secondary N) is 1. The normalized spacial score (nSPS) is 12.9. The minimum atomic E-state index is -1.06. The van der Waals surface area contributed by atoms with Crippen LogP contribution in [0.4, 0.5) is 0 Å². The van der Waals surface area contributed by atoms with Gasteiger partial charge in [-0.25, -0.2) is 4.98 Å². The monoisotopic (exact) mass is 295 g/mol. The molecule has 19 heavy (non-hydrogen) atoms. The van der Waals surface area contributed by atoms with Crippen LogP contribution in [0.5, 0.6) is 0 Å². The van der Waals surface area contributed by atoms with Crippen LogP contribution in [0.3, 0.4) is 0 Å². The molecular formula is C11H9N3O3S2. The number of fused-ring (bicyclic) bond motifs is 3. The molecule has 1 atom stereocenters. The summed E-state index contributed by atoms with van der Waals surface area (Å²) in [6, 6.07) is 0.821. The highest BCUT2D eigenvalue weighted by Gasteiger charge is 2.19. The zero-order valence-electron chi connectivity index (χ0n) is 9.78. The van der Waals surface area contributed by atoms with Crippen molar-refractivity contribution in [2.24, 2.45) is 0 Å². The highest BCUT2D eigenvalue weighted by molar-refractivity contribution is 7.21. The van der Waals surface area contributed by atoms with Gasteiger partial charge in [-0.1, -0.05) is 0 Å². The van der Waals surface area contributed by atoms with Crippen LogP contribution in [0.1, 0.15) is 16.6 Å². The van der Waals surface area contributed by atoms with Crippen LogP contribution in [0.15, 0.2) is 17.6 Å². The number of thiazole rings is 1. The number of hydrogen-bond donors (Lipinski definition) is 2. The van der Waals surface area contributed by atoms with E-state index >= 15 is 0 Å². The van der Waals surface area contributed by atoms with Crippen molar-refractivity contribution in [3.8, 4) is 0 Å². The predicted molar refractivity (Wildman–Crippen MR) is 73.0 cm³/mol. The summed E-state index contributed by atoms with van der Waals surface area (Å²) >= 11 is 2.79. The summed E-state index contributed by atoms with van der Waals surface area (Å²) in [6.07, 6.45) is 1.89. The number of nitrogens with zero attached hydrogens (tertiary/aromatic N) is 2. The molecule has 3 aromatic heterocycles. The van der Waals surface area contributed by atoms with E-state index in [1.807, 2.05) is 16.0 Å². The molecule has 0 radical (unpaired) electrons. The number of aliphatic carboxylic acids is 1. The highest BCUT2D eigenvalue weighted by atomic mass is 32.1. The molecule has 1 amide bonds. The molecule has 0 unspecified atom stereocenters. The minimum absolute atomic E-state index is 0.387. The summed E-state index contributed by atoms with van der Waals surface area (Å²) in [6.45, 7) is 1.43. The van der Waals surface area contributed by atoms with Gasteiger partial charge in [0.25, 0.3) is 5.91 Å². The average Bonchev–Trinajstić information content (AvgIpc) is 2.98. The average molecular weight is 295 g/mol. The summed E-state index contributed by atoms with van der Waals surface area (Å²) in [5.41, 5.74) is 0.870. The summed E-state index contributed by atoms with van der Waals surface area (Å²) in [7, 11) is 0. The molecule has 3 rings (SSSR count). The van der Waals surface area contributed by atoms with Crippen LogP contribution >= 0.6 is 22.7 Å². The van der Waals surface area contributed by atoms with Crippen molar-refractivity contribution in [1.82, 2.24) is 14.7 Å². The lowest BCUT2D eigenvalue weighted by Gasteiger charge is -2.07. The van der Waals surface area contributed by atoms with E-state index in [-0.39, 0.29) is 5.91 Å². The first-order chi connectivity index (χ1) is 9.06. The van der Waals surface area contributed by atoms with Gasteiger partial charge < -0.3 is 10.4 Å². The molecule has 0 aliphatic rings. The molecular weight excluding hydrogens is 286 g/mol. The maximum atomic E-state index is 11.9. The molecule has 3 aromatic rings. The lowest BCUT2D eigenvalue weighted by molar-refractivity contribution is -0.138. The van der Waals surface area contributed by atoms with Crippen molar-refractivity contribution in [3.05, 3.63) is 22.5 Å². The van der Waals surface area contributed by atoms with Gasteiger partial charge in [0.1, 0.15) is 10.9 Å². The summed E-state index contributed by atoms with van der Waals surface area (Å²) in [5.74, 6) is -1.45. The highest BCUT2D eigenvalue weighted by Crippen LogP contribution is 2.28. The summed E-state index contributed by atoms with van der Waals surface area (Å²) in [5, 5.41) is 13.1. The first kappa shape index (κ1) is 12.1. The molecule has 3 heterocycles. The zero-order valence-corrected chi connectivity index (χ0v) is 11.4. The second-order valence-corrected chi connectivity index (χ2v) is 5.91. The molecule has 0 bridgehead atoms. The topological polar surface area (TPSA) is 83.7 Å². The Labute approximate surface area is 115 Å². The van der Waals surface area contributed by atoms with Crippen LogP contribution in [-0.4, -0.2) is 32.4 Å². The molecule has 0 aliphatic carbocycles. The van der Waals surface area contributed by atoms with Crippen molar-refractivity contribution in [2.45, 2.75) is 13.0 Å². The summed E-state index contributed by atoms with van der Waals surface area (Å²) in [4.78, 5) is 29.1. The van der Waals surface area contributed by atoms with Crippen molar-refractivity contribution in [1.29, 1.82) is 0 Å². The third kappa shape index (κ3) is 1.98. The lowest BCUT2D eigenvalue weighted by Crippen LogP contribution is -2.37. The van der Waals surface area contributed by atoms with Crippen LogP contribution < -0.4 is 5.32 Å². The van der Waals surface area contributed by atoms with Gasteiger partial charge >= 0.3 is 5.97 Å². The second kappa shape index (κ2) is 4.32. The SMILES string of the molecule is C[C@@H](NC(=O)c1cc2c(nc3sccn32)s1)C(=O)O. The van der Waals surface area contributed by atoms with E-state index in [0.29, 0.717) is 4.88 Å². The van der Waals surface area contributed by atoms with Gasteiger partial charge in [0.05, 0.1) is 10.4 Å². The maximum absolute atomic E-state index is 11.9. The Morgan fingerprint density at radius 3 is 3.05 bits per heavy atom. The van der Waals surface area contributed by atoms with E-state index in [0.717, 1.165) is 15.3 Å². The molecule has 0 aromatic carbocycles. The van der Waals surface area contributed by atoms with Gasteiger partial charge in [-0.05, 0) is 13.0 Å². The molecule has 2 N–H and O–H groups in total. The van der Waals surface area contributed by atoms with E-state index in [4.69, 9.17) is 5.11 Å². The van der Waals surface area contributed by atoms with E-state index in [9.17, 15) is 9.59 Å². The molecule has 0 saturated heterocycles. The third-order valence-corrected chi connectivity index (χ3v) is 4.46. The van der Waals surface area contributed by atoms with Crippen molar-refractivity contribution >= 4 is 49.9 Å². The minimum Gasteiger partial charge on any atom is -0.480 e. The molecule has 0 spiro atoms. The van der Waals surface area contributed by atoms with Gasteiger partial charge in [0.2, 0.25) is 0 Å². The lowest BCUT2D eigenvalue weighted by atomic mass is 10.3. The molecule has 6 nitrogen and oxygen atoms in total. The van der Waals surface area contributed by atoms with E-state index in [1.165, 1.54) is 29.6 Å². The molecule has 98 valence electrons. The third-order valence-electron chi connectivity index (χ3n) is 2.68. The smallest absolute Gasteiger partial charge is 0.325 e. The number of imidazole rings is 1. The van der Waals surface area contributed by atoms with Crippen LogP contribution in [0.2, 0.25) is 0 Å². The predicted octanol–water partition coefficient (Wildman–Crippen LogP) is 1.81. The Balaban J connectivity index is 1.94. The number of carbonyl (C=O) groups is 2. The number of carboxylic acids is 1. The number of carboxylic acid groups (broad SMARTS) is 1. The molecule has 0 saturated carbocycles. The second-order valence-electron chi connectivity index (χ2n) is 4.00. The van der Waals surface area contributed by atoms with Gasteiger partial charge in [0, 0.05) is 11.6 Å². The first-order valence-corrected chi connectivity index (χ1v) is 7.14. The number of aromatic nitrogens is 2. The number of carbonyl (C=O) groups excluding carboxylic acids is 1. The quantitative estimate of drug-likeness (QED) is 0.772. The first-order valence-electron chi connectivity index (χ1n) is 5.45. The molecule has 0 aliphatic heterocycles. The van der Waals surface area contributed by atoms with Crippen molar-refractivity contribution < 1.29 is 14.7 Å². The summed E-state index contributed by atoms with van der Waals surface area (Å²) < 4.78 is 1.91. The van der Waals surface area contributed by atoms with Crippen molar-refractivity contribution in [3.63, 3.8) is 0 Å². The van der Waals surface area contributed by atoms with Gasteiger partial charge in [0.15, 0.2) is 4.96 Å². The van der Waals surface area contributed by atoms with Crippen molar-refractivity contribution in [2.75, 3.05) is 0 Å². The van der Waals surface area contributed by atoms with Crippen LogP contribution in [0.25, 0.3) is 15.3 Å². The van der Waals surface area contributed by atoms with Crippen LogP contribution in [-0.2, 0) is 4.79 Å². The Morgan fingerprint density at radius 2 is 2.32 bits per heavy atom. The van der Waals surface area contributed by atoms with Gasteiger partial charge in [-0.2, -0.15) is 0 Å². The van der Waals surface area contributed by atoms with E-state index < -0.39 is 12.0 Å². The number of hydrogen-bond acceptors (Lipinski definition) is 5. The molecule has 0 fully saturated rings. The van der Waals surface area contributed by atoms with E-state index in [1.54, 1.807) is 6.07 Å². The largest absolute Gasteiger partial charge is 0.480 e. The number of amides is 1. The Morgan fingerprint density at radius 1 is 1.53 bits per heavy atom. The number of thiophene rings is 1. The van der Waals surface area contributed by atoms with Gasteiger partial charge in [-0.15, -0.1) is 22.7 Å². The van der Waals surface area contributed by atoms with Gasteiger partial charge in [-0.3, -0.25) is 14.0 Å². The van der Waals surface area contributed by atoms with Crippen LogP contribution in [0, 0.1) is 0 Å². The number of rotatable bonds is 3. The fourth-order valence-corrected chi connectivity index (χ4v) is 3.39. The Hall–Kier alpha value is -1.93. The standard InChI is InChI=1S/C11H9N3O3S2/c1-5(10(16)17)12-8(15)7-4-6-9(19-7)13-11-14(6)2-3-18-11/h2-5H,1H3,(H,12,15)(H,16,17)/t5-/m1/s1. The fraction of sp³-hybridized carbons (Fsp3) is 0.182. The van der Waals surface area contributed by atoms with E-state index in [2.05, 4.69) is 10.3 Å².